The molecule has 21 heavy (non-hydrogen) atoms. The Labute approximate surface area is 129 Å². The molecule has 0 saturated heterocycles. The Morgan fingerprint density at radius 1 is 1.19 bits per heavy atom. The minimum atomic E-state index is -0.861. The van der Waals surface area contributed by atoms with Crippen molar-refractivity contribution in [2.75, 3.05) is 0 Å². The van der Waals surface area contributed by atoms with Crippen molar-refractivity contribution in [3.05, 3.63) is 59.9 Å². The molecule has 1 heterocycles. The number of pyridine rings is 1. The summed E-state index contributed by atoms with van der Waals surface area (Å²) in [6.45, 7) is 4.15. The lowest BCUT2D eigenvalue weighted by atomic mass is 9.95. The van der Waals surface area contributed by atoms with Gasteiger partial charge in [-0.15, -0.1) is 11.8 Å². The van der Waals surface area contributed by atoms with Crippen molar-refractivity contribution in [2.45, 2.75) is 29.9 Å². The summed E-state index contributed by atoms with van der Waals surface area (Å²) >= 11 is 1.63. The van der Waals surface area contributed by atoms with E-state index in [2.05, 4.69) is 24.9 Å². The standard InChI is InChI=1S/C17H16N2OS/c1-12(2)21-16-9-4-3-7-13(16)17(20)14(11-18)15-8-5-6-10-19-15/h3-10,12,14H,1-2H3. The number of Topliss-reactive ketones (excluding diaryl/α,β-unsaturated/α-hetero) is 1. The van der Waals surface area contributed by atoms with Crippen LogP contribution in [0.2, 0.25) is 0 Å². The second-order valence-corrected chi connectivity index (χ2v) is 6.46. The number of nitrogens with zero attached hydrogens (tertiary/aromatic N) is 2. The number of hydrogen-bond acceptors (Lipinski definition) is 4. The van der Waals surface area contributed by atoms with E-state index in [1.54, 1.807) is 42.2 Å². The molecule has 0 spiro atoms. The number of thioether (sulfide) groups is 1. The summed E-state index contributed by atoms with van der Waals surface area (Å²) in [7, 11) is 0. The summed E-state index contributed by atoms with van der Waals surface area (Å²) in [6.07, 6.45) is 1.60. The molecule has 0 saturated carbocycles. The Bertz CT molecular complexity index is 662. The molecule has 1 aromatic heterocycles. The largest absolute Gasteiger partial charge is 0.292 e. The van der Waals surface area contributed by atoms with Gasteiger partial charge in [0.2, 0.25) is 0 Å². The van der Waals surface area contributed by atoms with E-state index in [0.29, 0.717) is 16.5 Å². The number of aromatic nitrogens is 1. The van der Waals surface area contributed by atoms with E-state index in [9.17, 15) is 10.1 Å². The maximum absolute atomic E-state index is 12.7. The van der Waals surface area contributed by atoms with Gasteiger partial charge in [0.15, 0.2) is 11.7 Å². The Kier molecular flexibility index (Phi) is 5.13. The Hall–Kier alpha value is -2.12. The highest BCUT2D eigenvalue weighted by Crippen LogP contribution is 2.29. The van der Waals surface area contributed by atoms with Crippen LogP contribution in [0.25, 0.3) is 0 Å². The fourth-order valence-electron chi connectivity index (χ4n) is 1.99. The van der Waals surface area contributed by atoms with Crippen molar-refractivity contribution >= 4 is 17.5 Å². The van der Waals surface area contributed by atoms with Crippen molar-refractivity contribution in [3.63, 3.8) is 0 Å². The number of carbonyl (C=O) groups is 1. The van der Waals surface area contributed by atoms with E-state index < -0.39 is 5.92 Å². The molecule has 1 aromatic carbocycles. The molecule has 2 rings (SSSR count). The molecule has 0 aliphatic rings. The van der Waals surface area contributed by atoms with Crippen molar-refractivity contribution in [2.24, 2.45) is 0 Å². The third kappa shape index (κ3) is 3.71. The monoisotopic (exact) mass is 296 g/mol. The molecule has 106 valence electrons. The van der Waals surface area contributed by atoms with Gasteiger partial charge in [-0.3, -0.25) is 9.78 Å². The molecule has 1 atom stereocenters. The third-order valence-corrected chi connectivity index (χ3v) is 3.97. The predicted octanol–water partition coefficient (Wildman–Crippen LogP) is 4.07. The minimum Gasteiger partial charge on any atom is -0.292 e. The van der Waals surface area contributed by atoms with E-state index >= 15 is 0 Å². The Morgan fingerprint density at radius 3 is 2.52 bits per heavy atom. The van der Waals surface area contributed by atoms with Crippen molar-refractivity contribution in [1.82, 2.24) is 4.98 Å². The molecule has 0 aliphatic heterocycles. The molecular weight excluding hydrogens is 280 g/mol. The van der Waals surface area contributed by atoms with Crippen LogP contribution in [0.5, 0.6) is 0 Å². The van der Waals surface area contributed by atoms with E-state index in [4.69, 9.17) is 0 Å². The van der Waals surface area contributed by atoms with Crippen LogP contribution >= 0.6 is 11.8 Å². The Morgan fingerprint density at radius 2 is 1.90 bits per heavy atom. The number of rotatable bonds is 5. The van der Waals surface area contributed by atoms with E-state index in [-0.39, 0.29) is 5.78 Å². The van der Waals surface area contributed by atoms with Crippen LogP contribution in [0.1, 0.15) is 35.8 Å². The third-order valence-electron chi connectivity index (χ3n) is 2.89. The highest BCUT2D eigenvalue weighted by Gasteiger charge is 2.25. The predicted molar refractivity (Wildman–Crippen MR) is 84.4 cm³/mol. The first-order valence-electron chi connectivity index (χ1n) is 6.74. The van der Waals surface area contributed by atoms with Crippen LogP contribution in [-0.2, 0) is 0 Å². The number of hydrogen-bond donors (Lipinski definition) is 0. The van der Waals surface area contributed by atoms with Crippen molar-refractivity contribution in [1.29, 1.82) is 5.26 Å². The van der Waals surface area contributed by atoms with Gasteiger partial charge in [0, 0.05) is 21.9 Å². The van der Waals surface area contributed by atoms with E-state index in [1.807, 2.05) is 18.2 Å². The highest BCUT2D eigenvalue weighted by atomic mass is 32.2. The summed E-state index contributed by atoms with van der Waals surface area (Å²) in [6, 6.07) is 14.8. The van der Waals surface area contributed by atoms with Crippen molar-refractivity contribution in [3.8, 4) is 6.07 Å². The van der Waals surface area contributed by atoms with Crippen LogP contribution in [-0.4, -0.2) is 16.0 Å². The lowest BCUT2D eigenvalue weighted by Gasteiger charge is -2.13. The van der Waals surface area contributed by atoms with Crippen LogP contribution in [0.15, 0.2) is 53.6 Å². The molecule has 0 aliphatic carbocycles. The average Bonchev–Trinajstić information content (AvgIpc) is 2.49. The van der Waals surface area contributed by atoms with Crippen LogP contribution in [0, 0.1) is 11.3 Å². The molecule has 0 amide bonds. The van der Waals surface area contributed by atoms with Crippen LogP contribution in [0.3, 0.4) is 0 Å². The normalized spacial score (nSPS) is 11.9. The second kappa shape index (κ2) is 7.05. The zero-order valence-corrected chi connectivity index (χ0v) is 12.8. The fourth-order valence-corrected chi connectivity index (χ4v) is 2.95. The van der Waals surface area contributed by atoms with Crippen LogP contribution in [0.4, 0.5) is 0 Å². The van der Waals surface area contributed by atoms with Crippen LogP contribution < -0.4 is 0 Å². The first-order chi connectivity index (χ1) is 10.1. The molecular formula is C17H16N2OS. The lowest BCUT2D eigenvalue weighted by molar-refractivity contribution is 0.0975. The fraction of sp³-hybridized carbons (Fsp3) is 0.235. The Balaban J connectivity index is 2.37. The zero-order valence-electron chi connectivity index (χ0n) is 12.0. The zero-order chi connectivity index (χ0) is 15.2. The molecule has 4 heteroatoms. The molecule has 0 N–H and O–H groups in total. The first-order valence-corrected chi connectivity index (χ1v) is 7.62. The maximum atomic E-state index is 12.7. The first kappa shape index (κ1) is 15.3. The topological polar surface area (TPSA) is 53.8 Å². The average molecular weight is 296 g/mol. The van der Waals surface area contributed by atoms with Gasteiger partial charge in [-0.1, -0.05) is 38.1 Å². The van der Waals surface area contributed by atoms with Gasteiger partial charge in [0.05, 0.1) is 11.8 Å². The van der Waals surface area contributed by atoms with Gasteiger partial charge < -0.3 is 0 Å². The van der Waals surface area contributed by atoms with E-state index in [1.165, 1.54) is 0 Å². The molecule has 0 fully saturated rings. The SMILES string of the molecule is CC(C)Sc1ccccc1C(=O)C(C#N)c1ccccn1. The number of nitriles is 1. The van der Waals surface area contributed by atoms with E-state index in [0.717, 1.165) is 4.90 Å². The lowest BCUT2D eigenvalue weighted by Crippen LogP contribution is -2.13. The van der Waals surface area contributed by atoms with Crippen molar-refractivity contribution < 1.29 is 4.79 Å². The highest BCUT2D eigenvalue weighted by molar-refractivity contribution is 8.00. The minimum absolute atomic E-state index is 0.194. The smallest absolute Gasteiger partial charge is 0.187 e. The van der Waals surface area contributed by atoms with Gasteiger partial charge in [-0.25, -0.2) is 0 Å². The number of ketones is 1. The summed E-state index contributed by atoms with van der Waals surface area (Å²) < 4.78 is 0. The van der Waals surface area contributed by atoms with Gasteiger partial charge in [-0.05, 0) is 18.2 Å². The van der Waals surface area contributed by atoms with Gasteiger partial charge in [-0.2, -0.15) is 5.26 Å². The summed E-state index contributed by atoms with van der Waals surface area (Å²) in [5.41, 5.74) is 1.09. The molecule has 3 nitrogen and oxygen atoms in total. The summed E-state index contributed by atoms with van der Waals surface area (Å²) in [5, 5.41) is 9.74. The van der Waals surface area contributed by atoms with Gasteiger partial charge >= 0.3 is 0 Å². The number of carbonyl (C=O) groups excluding carboxylic acids is 1. The maximum Gasteiger partial charge on any atom is 0.187 e. The summed E-state index contributed by atoms with van der Waals surface area (Å²) in [4.78, 5) is 17.8. The number of benzene rings is 1. The molecule has 2 aromatic rings. The van der Waals surface area contributed by atoms with Gasteiger partial charge in [0.1, 0.15) is 0 Å². The molecule has 0 bridgehead atoms. The molecule has 1 unspecified atom stereocenters. The quantitative estimate of drug-likeness (QED) is 0.616. The van der Waals surface area contributed by atoms with Gasteiger partial charge in [0.25, 0.3) is 0 Å². The second-order valence-electron chi connectivity index (χ2n) is 4.84. The summed E-state index contributed by atoms with van der Waals surface area (Å²) in [5.74, 6) is -1.06. The molecule has 0 radical (unpaired) electrons.